The summed E-state index contributed by atoms with van der Waals surface area (Å²) in [5.74, 6) is -0.434. The molecule has 1 aliphatic heterocycles. The first-order chi connectivity index (χ1) is 32.9. The summed E-state index contributed by atoms with van der Waals surface area (Å²) in [7, 11) is 0. The molecule has 1 fully saturated rings. The number of esters is 1. The predicted octanol–water partition coefficient (Wildman–Crippen LogP) is 16.1. The summed E-state index contributed by atoms with van der Waals surface area (Å²) in [5.41, 5.74) is 1.97. The van der Waals surface area contributed by atoms with Gasteiger partial charge >= 0.3 is 5.97 Å². The van der Waals surface area contributed by atoms with Crippen LogP contribution in [0.5, 0.6) is 0 Å². The van der Waals surface area contributed by atoms with E-state index in [4.69, 9.17) is 42.1 Å². The van der Waals surface area contributed by atoms with Gasteiger partial charge in [0.15, 0.2) is 12.6 Å². The lowest BCUT2D eigenvalue weighted by atomic mass is 10.1. The first-order valence-corrected chi connectivity index (χ1v) is 25.2. The number of anilines is 2. The van der Waals surface area contributed by atoms with Crippen molar-refractivity contribution in [3.8, 4) is 0 Å². The van der Waals surface area contributed by atoms with Crippen molar-refractivity contribution in [3.05, 3.63) is 180 Å². The van der Waals surface area contributed by atoms with Crippen LogP contribution >= 0.6 is 23.2 Å². The van der Waals surface area contributed by atoms with E-state index >= 15 is 0 Å². The van der Waals surface area contributed by atoms with E-state index in [2.05, 4.69) is 141 Å². The van der Waals surface area contributed by atoms with Crippen molar-refractivity contribution in [2.75, 3.05) is 18.5 Å². The molecule has 2 N–H and O–H groups in total. The summed E-state index contributed by atoms with van der Waals surface area (Å²) in [5, 5.41) is 14.9. The molecule has 4 unspecified atom stereocenters. The Kier molecular flexibility index (Phi) is 32.7. The number of ether oxygens (including phenoxy) is 4. The van der Waals surface area contributed by atoms with Gasteiger partial charge in [-0.1, -0.05) is 183 Å². The molecule has 1 heterocycles. The van der Waals surface area contributed by atoms with Gasteiger partial charge in [0.25, 0.3) is 0 Å². The van der Waals surface area contributed by atoms with Gasteiger partial charge in [-0.3, -0.25) is 4.79 Å². The molecule has 4 atom stereocenters. The Morgan fingerprint density at radius 1 is 0.642 bits per heavy atom. The van der Waals surface area contributed by atoms with Gasteiger partial charge in [0, 0.05) is 5.69 Å². The van der Waals surface area contributed by atoms with Gasteiger partial charge < -0.3 is 29.4 Å². The second-order valence-corrected chi connectivity index (χ2v) is 16.9. The number of rotatable bonds is 37. The molecule has 3 rings (SSSR count). The lowest BCUT2D eigenvalue weighted by Crippen LogP contribution is -2.31. The van der Waals surface area contributed by atoms with Crippen molar-refractivity contribution in [3.63, 3.8) is 0 Å². The minimum atomic E-state index is -0.974. The van der Waals surface area contributed by atoms with Gasteiger partial charge in [0.05, 0.1) is 28.8 Å². The zero-order valence-corrected chi connectivity index (χ0v) is 41.6. The number of aliphatic hydroxyl groups excluding tert-OH is 1. The molecule has 1 saturated heterocycles. The molecule has 0 aromatic heterocycles. The number of carbonyl (C=O) groups excluding carboxylic acids is 1. The van der Waals surface area contributed by atoms with Crippen LogP contribution in [0.25, 0.3) is 0 Å². The predicted molar refractivity (Wildman–Crippen MR) is 283 cm³/mol. The standard InChI is InChI=1S/C58H77Cl2NO6/c1-3-5-7-9-11-13-15-17-19-21-23-25-27-29-31-33-35-44-54-58(67-54)66-50(48-65-56(63)46-49-40-37-38-43-53(49)61-57-51(59)41-39-42-52(57)60)47-64-55(62)45-36-34-32-30-28-26-24-22-20-18-16-14-12-10-8-6-4-2/h5-8,11-14,17-20,23-26,29-32,37-43,50,54-55,58,61-62H,3-4,9-10,15-16,21-22,27-28,33-36,44-48H2,1-2H3/b7-5-,8-6-,13-11-,14-12-,19-17-,20-18-,25-23-,26-24-,31-29-,32-30-. The number of carbonyl (C=O) groups is 1. The summed E-state index contributed by atoms with van der Waals surface area (Å²) in [6, 6.07) is 12.7. The number of halogens is 2. The summed E-state index contributed by atoms with van der Waals surface area (Å²) in [6.07, 6.45) is 56.4. The van der Waals surface area contributed by atoms with Crippen LogP contribution in [0.2, 0.25) is 10.0 Å². The van der Waals surface area contributed by atoms with E-state index in [0.717, 1.165) is 102 Å². The molecular weight excluding hydrogens is 878 g/mol. The monoisotopic (exact) mass is 954 g/mol. The van der Waals surface area contributed by atoms with Crippen molar-refractivity contribution in [2.45, 2.75) is 148 Å². The van der Waals surface area contributed by atoms with E-state index < -0.39 is 24.7 Å². The van der Waals surface area contributed by atoms with E-state index in [1.807, 2.05) is 24.3 Å². The van der Waals surface area contributed by atoms with E-state index in [1.54, 1.807) is 18.2 Å². The Labute approximate surface area is 413 Å². The van der Waals surface area contributed by atoms with Crippen molar-refractivity contribution in [2.24, 2.45) is 0 Å². The normalized spacial score (nSPS) is 16.7. The fraction of sp³-hybridized carbons (Fsp3) is 0.431. The summed E-state index contributed by atoms with van der Waals surface area (Å²) < 4.78 is 23.7. The SMILES string of the molecule is CC/C=C\C/C=C\C/C=C\C/C=C\C/C=C\CCCC(O)OCC(COC(=O)Cc1ccccc1Nc1c(Cl)cccc1Cl)OC1OC1CCC/C=C\C/C=C\C/C=C\C/C=C\C/C=C\CC. The van der Waals surface area contributed by atoms with Crippen LogP contribution in [0.3, 0.4) is 0 Å². The maximum absolute atomic E-state index is 13.2. The van der Waals surface area contributed by atoms with Crippen LogP contribution in [0.1, 0.15) is 122 Å². The Morgan fingerprint density at radius 2 is 1.12 bits per heavy atom. The Balaban J connectivity index is 1.40. The van der Waals surface area contributed by atoms with Crippen molar-refractivity contribution in [1.29, 1.82) is 0 Å². The summed E-state index contributed by atoms with van der Waals surface area (Å²) in [6.45, 7) is 4.29. The third-order valence-electron chi connectivity index (χ3n) is 10.3. The molecule has 7 nitrogen and oxygen atoms in total. The highest BCUT2D eigenvalue weighted by atomic mass is 35.5. The van der Waals surface area contributed by atoms with Crippen molar-refractivity contribution in [1.82, 2.24) is 0 Å². The number of unbranched alkanes of at least 4 members (excludes halogenated alkanes) is 2. The number of para-hydroxylation sites is 2. The van der Waals surface area contributed by atoms with Gasteiger partial charge in [-0.15, -0.1) is 0 Å². The van der Waals surface area contributed by atoms with Gasteiger partial charge in [-0.05, 0) is 126 Å². The van der Waals surface area contributed by atoms with E-state index in [-0.39, 0.29) is 25.7 Å². The fourth-order valence-electron chi connectivity index (χ4n) is 6.59. The number of epoxide rings is 1. The first kappa shape index (κ1) is 56.9. The van der Waals surface area contributed by atoms with E-state index in [1.165, 1.54) is 0 Å². The minimum Gasteiger partial charge on any atom is -0.463 e. The van der Waals surface area contributed by atoms with Crippen LogP contribution < -0.4 is 5.32 Å². The average Bonchev–Trinajstić information content (AvgIpc) is 4.08. The minimum absolute atomic E-state index is 0.00953. The Bertz CT molecular complexity index is 1920. The topological polar surface area (TPSA) is 89.5 Å². The molecule has 0 radical (unpaired) electrons. The molecule has 67 heavy (non-hydrogen) atoms. The van der Waals surface area contributed by atoms with Gasteiger partial charge in [0.2, 0.25) is 0 Å². The van der Waals surface area contributed by atoms with E-state index in [9.17, 15) is 9.90 Å². The molecule has 0 saturated carbocycles. The third-order valence-corrected chi connectivity index (χ3v) is 11.0. The van der Waals surface area contributed by atoms with Crippen molar-refractivity contribution < 1.29 is 28.8 Å². The quantitative estimate of drug-likeness (QED) is 0.0229. The molecule has 0 amide bonds. The molecule has 9 heteroatoms. The maximum atomic E-state index is 13.2. The molecule has 364 valence electrons. The smallest absolute Gasteiger partial charge is 0.310 e. The number of aliphatic hydroxyl groups is 1. The second-order valence-electron chi connectivity index (χ2n) is 16.1. The number of benzene rings is 2. The highest BCUT2D eigenvalue weighted by Crippen LogP contribution is 2.34. The lowest BCUT2D eigenvalue weighted by molar-refractivity contribution is -0.165. The fourth-order valence-corrected chi connectivity index (χ4v) is 7.09. The zero-order valence-electron chi connectivity index (χ0n) is 40.1. The largest absolute Gasteiger partial charge is 0.463 e. The van der Waals surface area contributed by atoms with Gasteiger partial charge in [-0.25, -0.2) is 0 Å². The van der Waals surface area contributed by atoms with Crippen LogP contribution in [-0.2, 0) is 30.2 Å². The molecule has 0 aliphatic carbocycles. The molecule has 0 spiro atoms. The maximum Gasteiger partial charge on any atom is 0.310 e. The highest BCUT2D eigenvalue weighted by molar-refractivity contribution is 6.39. The molecule has 2 aromatic carbocycles. The molecule has 0 bridgehead atoms. The van der Waals surface area contributed by atoms with Gasteiger partial charge in [-0.2, -0.15) is 0 Å². The second kappa shape index (κ2) is 38.5. The first-order valence-electron chi connectivity index (χ1n) is 24.5. The number of allylic oxidation sites excluding steroid dienone is 20. The van der Waals surface area contributed by atoms with Crippen molar-refractivity contribution >= 4 is 40.5 Å². The Hall–Kier alpha value is -4.47. The third kappa shape index (κ3) is 29.1. The Morgan fingerprint density at radius 3 is 1.64 bits per heavy atom. The van der Waals surface area contributed by atoms with Crippen LogP contribution in [0.4, 0.5) is 11.4 Å². The molecular formula is C58H77Cl2NO6. The summed E-state index contributed by atoms with van der Waals surface area (Å²) in [4.78, 5) is 13.2. The number of nitrogens with one attached hydrogen (secondary N) is 1. The van der Waals surface area contributed by atoms with Crippen LogP contribution in [-0.4, -0.2) is 49.1 Å². The molecule has 2 aromatic rings. The van der Waals surface area contributed by atoms with Crippen LogP contribution in [0, 0.1) is 0 Å². The average molecular weight is 955 g/mol. The zero-order chi connectivity index (χ0) is 47.8. The van der Waals surface area contributed by atoms with Gasteiger partial charge in [0.1, 0.15) is 18.8 Å². The van der Waals surface area contributed by atoms with E-state index in [0.29, 0.717) is 27.8 Å². The number of hydrogen-bond donors (Lipinski definition) is 2. The van der Waals surface area contributed by atoms with Crippen LogP contribution in [0.15, 0.2) is 164 Å². The summed E-state index contributed by atoms with van der Waals surface area (Å²) >= 11 is 12.8. The lowest BCUT2D eigenvalue weighted by Gasteiger charge is -2.20. The highest BCUT2D eigenvalue weighted by Gasteiger charge is 2.41. The number of hydrogen-bond acceptors (Lipinski definition) is 7. The molecule has 1 aliphatic rings.